The zero-order valence-corrected chi connectivity index (χ0v) is 11.3. The Morgan fingerprint density at radius 3 is 2.47 bits per heavy atom. The van der Waals surface area contributed by atoms with Crippen LogP contribution in [0.4, 0.5) is 0 Å². The molecule has 95 valence electrons. The van der Waals surface area contributed by atoms with Gasteiger partial charge in [0.2, 0.25) is 0 Å². The van der Waals surface area contributed by atoms with E-state index in [1.165, 1.54) is 0 Å². The highest BCUT2D eigenvalue weighted by atomic mass is 27.2. The van der Waals surface area contributed by atoms with Crippen LogP contribution < -0.4 is 0 Å². The van der Waals surface area contributed by atoms with Gasteiger partial charge in [0.1, 0.15) is 0 Å². The number of carbonyl (C=O) groups is 2. The summed E-state index contributed by atoms with van der Waals surface area (Å²) in [5.74, 6) is -0.308. The third-order valence-corrected chi connectivity index (χ3v) is 4.36. The van der Waals surface area contributed by atoms with E-state index in [1.54, 1.807) is 0 Å². The summed E-state index contributed by atoms with van der Waals surface area (Å²) in [5.41, 5.74) is 0. The lowest BCUT2D eigenvalue weighted by molar-refractivity contribution is -0.150. The van der Waals surface area contributed by atoms with E-state index in [4.69, 9.17) is 7.58 Å². The Balaban J connectivity index is 0.00000144. The van der Waals surface area contributed by atoms with Crippen LogP contribution in [0.1, 0.15) is 33.1 Å². The predicted octanol–water partition coefficient (Wildman–Crippen LogP) is 0.484. The maximum Gasteiger partial charge on any atom is 0.885 e. The maximum atomic E-state index is 11.9. The molecule has 3 atom stereocenters. The van der Waals surface area contributed by atoms with Crippen LogP contribution in [0.2, 0.25) is 0 Å². The van der Waals surface area contributed by atoms with E-state index in [0.29, 0.717) is 5.92 Å². The summed E-state index contributed by atoms with van der Waals surface area (Å²) in [6.45, 7) is 4.20. The largest absolute Gasteiger partial charge is 0.885 e. The van der Waals surface area contributed by atoms with Crippen molar-refractivity contribution in [1.29, 1.82) is 0 Å². The minimum Gasteiger partial charge on any atom is -0.589 e. The third kappa shape index (κ3) is 2.82. The molecule has 1 radical (unpaired) electrons. The van der Waals surface area contributed by atoms with Gasteiger partial charge in [0.05, 0.1) is 11.8 Å². The number of carbonyl (C=O) groups excluding carboxylic acids is 2. The molecule has 2 fully saturated rings. The molecule has 1 aliphatic carbocycles. The summed E-state index contributed by atoms with van der Waals surface area (Å²) in [7, 11) is 0. The van der Waals surface area contributed by atoms with Gasteiger partial charge in [-0.25, -0.2) is 0 Å². The van der Waals surface area contributed by atoms with Crippen molar-refractivity contribution in [2.24, 2.45) is 23.7 Å². The fourth-order valence-electron chi connectivity index (χ4n) is 2.87. The Kier molecular flexibility index (Phi) is 4.99. The first-order valence-corrected chi connectivity index (χ1v) is 6.78. The standard InChI is InChI=1S/C11H18O4.Al.H2O/c1-6(2)7-4-3-5-8(10(12)13)9(7)11(14)15;;/h6-9H,3-5H2,1-2H3,(H,12,13)(H,14,15);;1H2/q;+2;/p-2. The first-order valence-electron chi connectivity index (χ1n) is 5.84. The molecule has 0 bridgehead atoms. The molecule has 2 rings (SSSR count). The van der Waals surface area contributed by atoms with E-state index in [0.717, 1.165) is 19.3 Å². The molecule has 0 spiro atoms. The van der Waals surface area contributed by atoms with Gasteiger partial charge in [-0.3, -0.25) is 9.59 Å². The van der Waals surface area contributed by atoms with E-state index in [-0.39, 0.29) is 35.2 Å². The highest BCUT2D eigenvalue weighted by molar-refractivity contribution is 6.27. The van der Waals surface area contributed by atoms with Crippen molar-refractivity contribution >= 4 is 27.8 Å². The summed E-state index contributed by atoms with van der Waals surface area (Å²) in [6, 6.07) is 0. The SMILES string of the molecule is CC(C)C1CCCC2C(=O)[O][Al][O]C(=O)C21.O. The summed E-state index contributed by atoms with van der Waals surface area (Å²) in [6.07, 6.45) is 2.78. The first kappa shape index (κ1) is 14.5. The van der Waals surface area contributed by atoms with Crippen LogP contribution >= 0.6 is 0 Å². The fraction of sp³-hybridized carbons (Fsp3) is 0.818. The lowest BCUT2D eigenvalue weighted by Crippen LogP contribution is -2.39. The lowest BCUT2D eigenvalue weighted by atomic mass is 9.68. The second-order valence-electron chi connectivity index (χ2n) is 4.94. The molecule has 1 aliphatic heterocycles. The molecule has 6 heteroatoms. The van der Waals surface area contributed by atoms with E-state index in [2.05, 4.69) is 13.8 Å². The van der Waals surface area contributed by atoms with Gasteiger partial charge in [-0.05, 0) is 24.7 Å². The summed E-state index contributed by atoms with van der Waals surface area (Å²) in [5, 5.41) is 0. The molecule has 17 heavy (non-hydrogen) atoms. The summed E-state index contributed by atoms with van der Waals surface area (Å²) < 4.78 is 10.00. The van der Waals surface area contributed by atoms with E-state index in [9.17, 15) is 9.59 Å². The zero-order valence-electron chi connectivity index (χ0n) is 10.1. The molecular formula is C11H18AlO5. The normalized spacial score (nSPS) is 32.5. The van der Waals surface area contributed by atoms with Crippen molar-refractivity contribution in [2.75, 3.05) is 0 Å². The van der Waals surface area contributed by atoms with Crippen LogP contribution in [-0.2, 0) is 17.2 Å². The lowest BCUT2D eigenvalue weighted by Gasteiger charge is -2.36. The molecule has 5 nitrogen and oxygen atoms in total. The molecular weight excluding hydrogens is 239 g/mol. The number of rotatable bonds is 1. The molecule has 1 saturated heterocycles. The average molecular weight is 257 g/mol. The van der Waals surface area contributed by atoms with Crippen LogP contribution in [0.5, 0.6) is 0 Å². The molecule has 1 heterocycles. The molecule has 0 aromatic rings. The number of hydrogen-bond donors (Lipinski definition) is 0. The van der Waals surface area contributed by atoms with Crippen LogP contribution in [0.25, 0.3) is 0 Å². The molecule has 0 aromatic heterocycles. The number of hydrogen-bond acceptors (Lipinski definition) is 4. The molecule has 3 unspecified atom stereocenters. The quantitative estimate of drug-likeness (QED) is 0.640. The van der Waals surface area contributed by atoms with Crippen molar-refractivity contribution < 1.29 is 22.6 Å². The van der Waals surface area contributed by atoms with Crippen LogP contribution in [-0.4, -0.2) is 33.3 Å². The van der Waals surface area contributed by atoms with E-state index >= 15 is 0 Å². The molecule has 2 N–H and O–H groups in total. The average Bonchev–Trinajstić information content (AvgIpc) is 2.40. The topological polar surface area (TPSA) is 84.1 Å². The monoisotopic (exact) mass is 257 g/mol. The van der Waals surface area contributed by atoms with Gasteiger partial charge in [0.25, 0.3) is 11.9 Å². The van der Waals surface area contributed by atoms with Gasteiger partial charge in [-0.2, -0.15) is 0 Å². The summed E-state index contributed by atoms with van der Waals surface area (Å²) >= 11 is -0.938. The fourth-order valence-corrected chi connectivity index (χ4v) is 3.44. The minimum atomic E-state index is -0.938. The van der Waals surface area contributed by atoms with Crippen molar-refractivity contribution in [3.8, 4) is 0 Å². The van der Waals surface area contributed by atoms with Crippen LogP contribution in [0.3, 0.4) is 0 Å². The summed E-state index contributed by atoms with van der Waals surface area (Å²) in [4.78, 5) is 23.6. The van der Waals surface area contributed by atoms with Gasteiger partial charge in [-0.1, -0.05) is 20.3 Å². The first-order chi connectivity index (χ1) is 7.61. The second kappa shape index (κ2) is 5.85. The van der Waals surface area contributed by atoms with Gasteiger partial charge in [0, 0.05) is 0 Å². The third-order valence-electron chi connectivity index (χ3n) is 3.71. The second-order valence-corrected chi connectivity index (χ2v) is 5.60. The Hall–Kier alpha value is -0.568. The van der Waals surface area contributed by atoms with Gasteiger partial charge >= 0.3 is 15.9 Å². The Labute approximate surface area is 108 Å². The highest BCUT2D eigenvalue weighted by Crippen LogP contribution is 2.41. The molecule has 0 aromatic carbocycles. The van der Waals surface area contributed by atoms with Crippen molar-refractivity contribution in [1.82, 2.24) is 0 Å². The van der Waals surface area contributed by atoms with Gasteiger partial charge in [-0.15, -0.1) is 0 Å². The molecule has 0 amide bonds. The van der Waals surface area contributed by atoms with Crippen molar-refractivity contribution in [2.45, 2.75) is 33.1 Å². The Morgan fingerprint density at radius 2 is 1.82 bits per heavy atom. The van der Waals surface area contributed by atoms with Gasteiger partial charge < -0.3 is 13.1 Å². The zero-order chi connectivity index (χ0) is 11.7. The Bertz CT molecular complexity index is 304. The van der Waals surface area contributed by atoms with Crippen LogP contribution in [0, 0.1) is 23.7 Å². The number of fused-ring (bicyclic) bond motifs is 1. The van der Waals surface area contributed by atoms with E-state index in [1.807, 2.05) is 0 Å². The van der Waals surface area contributed by atoms with Crippen molar-refractivity contribution in [3.05, 3.63) is 0 Å². The van der Waals surface area contributed by atoms with Crippen molar-refractivity contribution in [3.63, 3.8) is 0 Å². The van der Waals surface area contributed by atoms with Crippen LogP contribution in [0.15, 0.2) is 0 Å². The highest BCUT2D eigenvalue weighted by Gasteiger charge is 2.46. The molecule has 1 saturated carbocycles. The minimum absolute atomic E-state index is 0. The predicted molar refractivity (Wildman–Crippen MR) is 60.7 cm³/mol. The maximum absolute atomic E-state index is 11.9. The van der Waals surface area contributed by atoms with Gasteiger partial charge in [0.15, 0.2) is 0 Å². The smallest absolute Gasteiger partial charge is 0.589 e. The Morgan fingerprint density at radius 1 is 1.18 bits per heavy atom. The van der Waals surface area contributed by atoms with E-state index < -0.39 is 15.9 Å². The molecule has 2 aliphatic rings.